The van der Waals surface area contributed by atoms with Gasteiger partial charge in [0, 0.05) is 0 Å². The number of aryl methyl sites for hydroxylation is 2. The molecule has 0 aromatic heterocycles. The normalized spacial score (nSPS) is 11.5. The molecule has 0 heteroatoms. The Morgan fingerprint density at radius 2 is 0.857 bits per heavy atom. The van der Waals surface area contributed by atoms with Crippen LogP contribution in [0, 0.1) is 6.92 Å². The van der Waals surface area contributed by atoms with E-state index in [0.29, 0.717) is 0 Å². The van der Waals surface area contributed by atoms with Crippen LogP contribution in [-0.4, -0.2) is 0 Å². The maximum Gasteiger partial charge on any atom is -0.0149 e. The lowest BCUT2D eigenvalue weighted by molar-refractivity contribution is 0.553. The van der Waals surface area contributed by atoms with Crippen molar-refractivity contribution in [1.82, 2.24) is 0 Å². The highest BCUT2D eigenvalue weighted by molar-refractivity contribution is 5.87. The average molecular weight is 479 g/mol. The highest BCUT2D eigenvalue weighted by atomic mass is 14.2. The number of benzene rings is 2. The van der Waals surface area contributed by atoms with Crippen LogP contribution in [0.1, 0.15) is 159 Å². The van der Waals surface area contributed by atoms with Crippen LogP contribution in [0.5, 0.6) is 0 Å². The lowest BCUT2D eigenvalue weighted by atomic mass is 9.88. The van der Waals surface area contributed by atoms with E-state index in [9.17, 15) is 0 Å². The number of hydrogen-bond acceptors (Lipinski definition) is 0. The molecule has 0 nitrogen and oxygen atoms in total. The Morgan fingerprint density at radius 3 is 1.34 bits per heavy atom. The van der Waals surface area contributed by atoms with E-state index in [0.717, 1.165) is 0 Å². The molecule has 0 unspecified atom stereocenters. The van der Waals surface area contributed by atoms with E-state index in [-0.39, 0.29) is 0 Å². The molecule has 0 saturated heterocycles. The van der Waals surface area contributed by atoms with E-state index in [1.807, 2.05) is 0 Å². The highest BCUT2D eigenvalue weighted by Gasteiger charge is 2.11. The van der Waals surface area contributed by atoms with Crippen LogP contribution in [0.15, 0.2) is 30.3 Å². The Bertz CT molecular complexity index is 771. The number of hydrogen-bond donors (Lipinski definition) is 0. The van der Waals surface area contributed by atoms with E-state index in [1.54, 1.807) is 11.1 Å². The highest BCUT2D eigenvalue weighted by Crippen LogP contribution is 2.29. The first kappa shape index (κ1) is 29.9. The second-order valence-electron chi connectivity index (χ2n) is 11.2. The van der Waals surface area contributed by atoms with E-state index in [4.69, 9.17) is 0 Å². The van der Waals surface area contributed by atoms with E-state index >= 15 is 0 Å². The summed E-state index contributed by atoms with van der Waals surface area (Å²) in [7, 11) is 0. The average Bonchev–Trinajstić information content (AvgIpc) is 2.87. The van der Waals surface area contributed by atoms with Crippen molar-refractivity contribution < 1.29 is 0 Å². The molecule has 35 heavy (non-hydrogen) atoms. The Balaban J connectivity index is 1.76. The van der Waals surface area contributed by atoms with Crippen LogP contribution in [0.3, 0.4) is 0 Å². The third-order valence-electron chi connectivity index (χ3n) is 8.06. The molecule has 0 N–H and O–H groups in total. The van der Waals surface area contributed by atoms with Crippen LogP contribution in [0.4, 0.5) is 0 Å². The first-order valence-corrected chi connectivity index (χ1v) is 15.8. The van der Waals surface area contributed by atoms with Crippen LogP contribution in [0.2, 0.25) is 0 Å². The lowest BCUT2D eigenvalue weighted by Gasteiger charge is -2.17. The van der Waals surface area contributed by atoms with Gasteiger partial charge in [0.2, 0.25) is 0 Å². The molecule has 0 aliphatic rings. The zero-order chi connectivity index (χ0) is 25.0. The molecule has 0 spiro atoms. The maximum absolute atomic E-state index is 2.45. The minimum absolute atomic E-state index is 1.27. The van der Waals surface area contributed by atoms with Crippen LogP contribution < -0.4 is 0 Å². The molecule has 0 aliphatic carbocycles. The molecule has 0 atom stereocenters. The van der Waals surface area contributed by atoms with Gasteiger partial charge in [0.25, 0.3) is 0 Å². The van der Waals surface area contributed by atoms with Gasteiger partial charge in [-0.15, -0.1) is 0 Å². The van der Waals surface area contributed by atoms with Gasteiger partial charge in [-0.1, -0.05) is 160 Å². The number of fused-ring (bicyclic) bond motifs is 1. The third kappa shape index (κ3) is 12.5. The van der Waals surface area contributed by atoms with Gasteiger partial charge in [0.05, 0.1) is 0 Å². The van der Waals surface area contributed by atoms with Gasteiger partial charge in [0.1, 0.15) is 0 Å². The second kappa shape index (κ2) is 19.8. The van der Waals surface area contributed by atoms with Crippen molar-refractivity contribution in [1.29, 1.82) is 0 Å². The number of unbranched alkanes of at least 4 members (excludes halogenated alkanes) is 18. The standard InChI is InChI=1S/C35H58/c1-4-6-8-10-12-14-16-18-20-22-27-33-31(3)30-32-26-24-25-28-34(32)35(33)29-23-21-19-17-15-13-11-9-7-5-2/h24-26,28,30H,4-23,27,29H2,1-3H3. The summed E-state index contributed by atoms with van der Waals surface area (Å²) in [6.07, 6.45) is 30.9. The molecule has 0 aliphatic heterocycles. The van der Waals surface area contributed by atoms with Crippen LogP contribution >= 0.6 is 0 Å². The summed E-state index contributed by atoms with van der Waals surface area (Å²) in [6.45, 7) is 6.97. The summed E-state index contributed by atoms with van der Waals surface area (Å²) in [5, 5.41) is 2.97. The summed E-state index contributed by atoms with van der Waals surface area (Å²) in [4.78, 5) is 0. The van der Waals surface area contributed by atoms with Gasteiger partial charge in [-0.2, -0.15) is 0 Å². The smallest absolute Gasteiger partial charge is 0.0149 e. The molecule has 0 amide bonds. The van der Waals surface area contributed by atoms with Crippen molar-refractivity contribution in [2.45, 2.75) is 162 Å². The van der Waals surface area contributed by atoms with E-state index in [1.165, 1.54) is 158 Å². The summed E-state index contributed by atoms with van der Waals surface area (Å²) >= 11 is 0. The molecule has 0 saturated carbocycles. The van der Waals surface area contributed by atoms with Gasteiger partial charge >= 0.3 is 0 Å². The summed E-state index contributed by atoms with van der Waals surface area (Å²) < 4.78 is 0. The van der Waals surface area contributed by atoms with Crippen molar-refractivity contribution in [2.75, 3.05) is 0 Å². The van der Waals surface area contributed by atoms with Crippen molar-refractivity contribution in [2.24, 2.45) is 0 Å². The van der Waals surface area contributed by atoms with Crippen molar-refractivity contribution in [3.05, 3.63) is 47.0 Å². The molecular weight excluding hydrogens is 420 g/mol. The quantitative estimate of drug-likeness (QED) is 0.148. The monoisotopic (exact) mass is 478 g/mol. The predicted octanol–water partition coefficient (Wildman–Crippen LogP) is 12.1. The molecule has 0 radical (unpaired) electrons. The lowest BCUT2D eigenvalue weighted by Crippen LogP contribution is -2.01. The molecule has 0 bridgehead atoms. The van der Waals surface area contributed by atoms with Gasteiger partial charge < -0.3 is 0 Å². The fraction of sp³-hybridized carbons (Fsp3) is 0.714. The zero-order valence-electron chi connectivity index (χ0n) is 23.9. The second-order valence-corrected chi connectivity index (χ2v) is 11.2. The summed E-state index contributed by atoms with van der Waals surface area (Å²) in [5.74, 6) is 0. The van der Waals surface area contributed by atoms with Crippen molar-refractivity contribution >= 4 is 10.8 Å². The van der Waals surface area contributed by atoms with Crippen molar-refractivity contribution in [3.8, 4) is 0 Å². The van der Waals surface area contributed by atoms with Crippen LogP contribution in [0.25, 0.3) is 10.8 Å². The maximum atomic E-state index is 2.45. The molecular formula is C35H58. The first-order valence-electron chi connectivity index (χ1n) is 15.8. The molecule has 2 aromatic carbocycles. The molecule has 198 valence electrons. The summed E-state index contributed by atoms with van der Waals surface area (Å²) in [6, 6.07) is 11.6. The molecule has 2 aromatic rings. The SMILES string of the molecule is CCCCCCCCCCCCc1c(C)cc2ccccc2c1CCCCCCCCCCCC. The van der Waals surface area contributed by atoms with Gasteiger partial charge in [-0.25, -0.2) is 0 Å². The fourth-order valence-electron chi connectivity index (χ4n) is 5.83. The van der Waals surface area contributed by atoms with Gasteiger partial charge in [-0.3, -0.25) is 0 Å². The molecule has 2 rings (SSSR count). The Morgan fingerprint density at radius 1 is 0.457 bits per heavy atom. The van der Waals surface area contributed by atoms with E-state index in [2.05, 4.69) is 51.1 Å². The zero-order valence-corrected chi connectivity index (χ0v) is 23.9. The Labute approximate surface area is 219 Å². The molecule has 0 heterocycles. The minimum atomic E-state index is 1.27. The Kier molecular flexibility index (Phi) is 17.0. The van der Waals surface area contributed by atoms with Crippen LogP contribution in [-0.2, 0) is 12.8 Å². The summed E-state index contributed by atoms with van der Waals surface area (Å²) in [5.41, 5.74) is 4.89. The van der Waals surface area contributed by atoms with Gasteiger partial charge in [-0.05, 0) is 60.1 Å². The topological polar surface area (TPSA) is 0 Å². The number of rotatable bonds is 22. The van der Waals surface area contributed by atoms with E-state index < -0.39 is 0 Å². The first-order chi connectivity index (χ1) is 17.3. The minimum Gasteiger partial charge on any atom is -0.0654 e. The van der Waals surface area contributed by atoms with Gasteiger partial charge in [0.15, 0.2) is 0 Å². The predicted molar refractivity (Wildman–Crippen MR) is 160 cm³/mol. The fourth-order valence-corrected chi connectivity index (χ4v) is 5.83. The largest absolute Gasteiger partial charge is 0.0654 e. The Hall–Kier alpha value is -1.30. The van der Waals surface area contributed by atoms with Crippen molar-refractivity contribution in [3.63, 3.8) is 0 Å². The third-order valence-corrected chi connectivity index (χ3v) is 8.06. The molecule has 0 fully saturated rings.